The number of ether oxygens (including phenoxy) is 1. The van der Waals surface area contributed by atoms with Crippen LogP contribution in [0, 0.1) is 0 Å². The van der Waals surface area contributed by atoms with Gasteiger partial charge in [0, 0.05) is 23.1 Å². The molecule has 1 aromatic carbocycles. The summed E-state index contributed by atoms with van der Waals surface area (Å²) in [7, 11) is 0. The zero-order valence-corrected chi connectivity index (χ0v) is 15.6. The number of benzene rings is 1. The fourth-order valence-corrected chi connectivity index (χ4v) is 3.83. The minimum atomic E-state index is 0.611. The number of hydrogen-bond acceptors (Lipinski definition) is 6. The zero-order valence-electron chi connectivity index (χ0n) is 13.2. The van der Waals surface area contributed by atoms with Gasteiger partial charge in [-0.3, -0.25) is 4.90 Å². The summed E-state index contributed by atoms with van der Waals surface area (Å²) in [5, 5.41) is 15.1. The van der Waals surface area contributed by atoms with E-state index in [4.69, 9.17) is 27.9 Å². The second-order valence-corrected chi connectivity index (χ2v) is 7.47. The van der Waals surface area contributed by atoms with E-state index >= 15 is 0 Å². The summed E-state index contributed by atoms with van der Waals surface area (Å²) in [5.74, 6) is 0.845. The average molecular weight is 396 g/mol. The van der Waals surface area contributed by atoms with Gasteiger partial charge in [0.15, 0.2) is 5.82 Å². The van der Waals surface area contributed by atoms with Crippen LogP contribution < -0.4 is 0 Å². The van der Waals surface area contributed by atoms with Gasteiger partial charge in [0.05, 0.1) is 19.8 Å². The van der Waals surface area contributed by atoms with Crippen LogP contribution in [-0.2, 0) is 11.3 Å². The molecule has 0 radical (unpaired) electrons. The fourth-order valence-electron chi connectivity index (χ4n) is 2.60. The van der Waals surface area contributed by atoms with Gasteiger partial charge in [-0.25, -0.2) is 0 Å². The molecule has 1 aliphatic heterocycles. The topological polar surface area (TPSA) is 55.5 Å². The van der Waals surface area contributed by atoms with E-state index < -0.39 is 0 Å². The Hall–Kier alpha value is -1.51. The van der Waals surface area contributed by atoms with Crippen molar-refractivity contribution >= 4 is 51.7 Å². The summed E-state index contributed by atoms with van der Waals surface area (Å²) in [5.41, 5.74) is 0.894. The zero-order chi connectivity index (χ0) is 17.2. The van der Waals surface area contributed by atoms with E-state index in [0.29, 0.717) is 10.0 Å². The Morgan fingerprint density at radius 3 is 2.80 bits per heavy atom. The van der Waals surface area contributed by atoms with Crippen molar-refractivity contribution in [3.8, 4) is 0 Å². The molecule has 1 fully saturated rings. The summed E-state index contributed by atoms with van der Waals surface area (Å²) in [6.07, 6.45) is 3.85. The number of nitrogens with zero attached hydrogens (tertiary/aromatic N) is 5. The molecule has 0 spiro atoms. The van der Waals surface area contributed by atoms with Gasteiger partial charge in [0.25, 0.3) is 0 Å². The predicted octanol–water partition coefficient (Wildman–Crippen LogP) is 3.50. The first kappa shape index (κ1) is 16.9. The molecule has 130 valence electrons. The molecule has 0 N–H and O–H groups in total. The molecule has 6 nitrogen and oxygen atoms in total. The quantitative estimate of drug-likeness (QED) is 0.676. The first-order chi connectivity index (χ1) is 12.2. The highest BCUT2D eigenvalue weighted by Gasteiger charge is 2.16. The van der Waals surface area contributed by atoms with E-state index in [1.165, 1.54) is 11.3 Å². The van der Waals surface area contributed by atoms with Crippen LogP contribution in [0.1, 0.15) is 16.4 Å². The minimum Gasteiger partial charge on any atom is -0.379 e. The highest BCUT2D eigenvalue weighted by molar-refractivity contribution is 7.17. The van der Waals surface area contributed by atoms with Crippen molar-refractivity contribution in [1.82, 2.24) is 24.7 Å². The molecule has 3 aromatic rings. The van der Waals surface area contributed by atoms with E-state index in [2.05, 4.69) is 20.2 Å². The van der Waals surface area contributed by atoms with Gasteiger partial charge >= 0.3 is 0 Å². The summed E-state index contributed by atoms with van der Waals surface area (Å²) < 4.78 is 7.18. The van der Waals surface area contributed by atoms with Crippen molar-refractivity contribution in [2.24, 2.45) is 0 Å². The third-order valence-corrected chi connectivity index (χ3v) is 5.33. The monoisotopic (exact) mass is 395 g/mol. The number of hydrogen-bond donors (Lipinski definition) is 0. The molecule has 0 aliphatic carbocycles. The van der Waals surface area contributed by atoms with Crippen LogP contribution >= 0.6 is 34.5 Å². The molecular weight excluding hydrogens is 381 g/mol. The lowest BCUT2D eigenvalue weighted by atomic mass is 10.2. The first-order valence-corrected chi connectivity index (χ1v) is 9.40. The van der Waals surface area contributed by atoms with Gasteiger partial charge in [-0.15, -0.1) is 10.2 Å². The van der Waals surface area contributed by atoms with Crippen LogP contribution in [0.25, 0.3) is 17.1 Å². The smallest absolute Gasteiger partial charge is 0.235 e. The SMILES string of the molecule is Clc1ccc(/C=C\c2nn3c(CN4CCOCC4)nnc3s2)c(Cl)c1. The molecule has 0 amide bonds. The molecule has 1 aliphatic rings. The second kappa shape index (κ2) is 7.39. The number of halogens is 2. The highest BCUT2D eigenvalue weighted by atomic mass is 35.5. The molecule has 0 atom stereocenters. The second-order valence-electron chi connectivity index (χ2n) is 5.64. The van der Waals surface area contributed by atoms with Crippen molar-refractivity contribution in [3.05, 3.63) is 44.6 Å². The Kier molecular flexibility index (Phi) is 5.00. The van der Waals surface area contributed by atoms with Crippen molar-refractivity contribution in [3.63, 3.8) is 0 Å². The minimum absolute atomic E-state index is 0.611. The van der Waals surface area contributed by atoms with Gasteiger partial charge in [-0.2, -0.15) is 9.61 Å². The third kappa shape index (κ3) is 3.86. The first-order valence-electron chi connectivity index (χ1n) is 7.83. The van der Waals surface area contributed by atoms with Crippen LogP contribution in [0.5, 0.6) is 0 Å². The van der Waals surface area contributed by atoms with E-state index in [0.717, 1.165) is 54.2 Å². The van der Waals surface area contributed by atoms with Crippen LogP contribution in [0.2, 0.25) is 10.0 Å². The Labute approximate surface area is 158 Å². The van der Waals surface area contributed by atoms with Crippen LogP contribution in [0.3, 0.4) is 0 Å². The fraction of sp³-hybridized carbons (Fsp3) is 0.312. The van der Waals surface area contributed by atoms with Crippen molar-refractivity contribution in [2.75, 3.05) is 26.3 Å². The Morgan fingerprint density at radius 2 is 2.00 bits per heavy atom. The molecular formula is C16H15Cl2N5OS. The molecule has 9 heteroatoms. The molecule has 2 aromatic heterocycles. The molecule has 25 heavy (non-hydrogen) atoms. The Balaban J connectivity index is 1.54. The van der Waals surface area contributed by atoms with Gasteiger partial charge < -0.3 is 4.74 Å². The van der Waals surface area contributed by atoms with E-state index in [1.54, 1.807) is 6.07 Å². The largest absolute Gasteiger partial charge is 0.379 e. The maximum Gasteiger partial charge on any atom is 0.235 e. The molecule has 0 unspecified atom stereocenters. The standard InChI is InChI=1S/C16H15Cl2N5OS/c17-12-3-1-11(13(18)9-12)2-4-15-21-23-14(19-20-16(23)25-15)10-22-5-7-24-8-6-22/h1-4,9H,5-8,10H2/b4-2-. The third-order valence-electron chi connectivity index (χ3n) is 3.91. The number of rotatable bonds is 4. The highest BCUT2D eigenvalue weighted by Crippen LogP contribution is 2.24. The van der Waals surface area contributed by atoms with E-state index in [9.17, 15) is 0 Å². The van der Waals surface area contributed by atoms with E-state index in [1.807, 2.05) is 28.8 Å². The molecule has 0 bridgehead atoms. The van der Waals surface area contributed by atoms with Gasteiger partial charge in [-0.05, 0) is 23.8 Å². The summed E-state index contributed by atoms with van der Waals surface area (Å²) in [6, 6.07) is 5.42. The summed E-state index contributed by atoms with van der Waals surface area (Å²) in [4.78, 5) is 3.08. The van der Waals surface area contributed by atoms with E-state index in [-0.39, 0.29) is 0 Å². The lowest BCUT2D eigenvalue weighted by molar-refractivity contribution is 0.0328. The maximum atomic E-state index is 6.19. The van der Waals surface area contributed by atoms with Crippen LogP contribution in [0.4, 0.5) is 0 Å². The summed E-state index contributed by atoms with van der Waals surface area (Å²) in [6.45, 7) is 4.05. The van der Waals surface area contributed by atoms with Gasteiger partial charge in [-0.1, -0.05) is 46.7 Å². The average Bonchev–Trinajstić information content (AvgIpc) is 3.17. The molecule has 3 heterocycles. The number of fused-ring (bicyclic) bond motifs is 1. The van der Waals surface area contributed by atoms with Crippen LogP contribution in [-0.4, -0.2) is 51.0 Å². The predicted molar refractivity (Wildman–Crippen MR) is 100 cm³/mol. The molecule has 4 rings (SSSR count). The molecule has 1 saturated heterocycles. The van der Waals surface area contributed by atoms with Crippen molar-refractivity contribution < 1.29 is 4.74 Å². The van der Waals surface area contributed by atoms with Crippen molar-refractivity contribution in [2.45, 2.75) is 6.54 Å². The van der Waals surface area contributed by atoms with Gasteiger partial charge in [0.1, 0.15) is 5.01 Å². The summed E-state index contributed by atoms with van der Waals surface area (Å²) >= 11 is 13.6. The molecule has 0 saturated carbocycles. The number of aromatic nitrogens is 4. The maximum absolute atomic E-state index is 6.19. The number of morpholine rings is 1. The van der Waals surface area contributed by atoms with Gasteiger partial charge in [0.2, 0.25) is 4.96 Å². The van der Waals surface area contributed by atoms with Crippen LogP contribution in [0.15, 0.2) is 18.2 Å². The normalized spacial score (nSPS) is 16.2. The Bertz CT molecular complexity index is 917. The lowest BCUT2D eigenvalue weighted by Crippen LogP contribution is -2.36. The Morgan fingerprint density at radius 1 is 1.16 bits per heavy atom. The lowest BCUT2D eigenvalue weighted by Gasteiger charge is -2.25. The van der Waals surface area contributed by atoms with Crippen molar-refractivity contribution in [1.29, 1.82) is 0 Å².